The van der Waals surface area contributed by atoms with Gasteiger partial charge in [0, 0.05) is 19.3 Å². The van der Waals surface area contributed by atoms with E-state index >= 15 is 0 Å². The first-order chi connectivity index (χ1) is 38.0. The van der Waals surface area contributed by atoms with Crippen LogP contribution >= 0.6 is 0 Å². The predicted molar refractivity (Wildman–Crippen MR) is 335 cm³/mol. The summed E-state index contributed by atoms with van der Waals surface area (Å²) in [7, 11) is 0. The lowest BCUT2D eigenvalue weighted by molar-refractivity contribution is -0.167. The molecule has 0 saturated heterocycles. The van der Waals surface area contributed by atoms with Gasteiger partial charge in [-0.25, -0.2) is 0 Å². The fraction of sp³-hybridized carbons (Fsp3) is 0.958. The van der Waals surface area contributed by atoms with E-state index in [2.05, 4.69) is 20.8 Å². The molecule has 0 aliphatic heterocycles. The quantitative estimate of drug-likeness (QED) is 0.0343. The lowest BCUT2D eigenvalue weighted by Crippen LogP contribution is -2.30. The van der Waals surface area contributed by atoms with Gasteiger partial charge in [-0.2, -0.15) is 0 Å². The van der Waals surface area contributed by atoms with Crippen molar-refractivity contribution in [3.05, 3.63) is 0 Å². The third kappa shape index (κ3) is 65.1. The van der Waals surface area contributed by atoms with Crippen molar-refractivity contribution in [2.75, 3.05) is 13.2 Å². The minimum atomic E-state index is -0.762. The first-order valence-electron chi connectivity index (χ1n) is 35.5. The number of ether oxygens (including phenoxy) is 3. The Labute approximate surface area is 482 Å². The molecule has 0 fully saturated rings. The maximum atomic E-state index is 12.9. The average Bonchev–Trinajstić information content (AvgIpc) is 3.43. The van der Waals surface area contributed by atoms with Gasteiger partial charge in [0.05, 0.1) is 0 Å². The molecule has 0 aromatic carbocycles. The molecule has 0 amide bonds. The molecule has 0 rings (SSSR count). The second-order valence-corrected chi connectivity index (χ2v) is 24.5. The summed E-state index contributed by atoms with van der Waals surface area (Å²) in [5.74, 6) is -0.825. The molecule has 6 nitrogen and oxygen atoms in total. The van der Waals surface area contributed by atoms with Gasteiger partial charge < -0.3 is 14.2 Å². The van der Waals surface area contributed by atoms with E-state index in [-0.39, 0.29) is 31.1 Å². The highest BCUT2D eigenvalue weighted by atomic mass is 16.6. The molecule has 0 aromatic rings. The molecular formula is C71H138O6. The smallest absolute Gasteiger partial charge is 0.306 e. The van der Waals surface area contributed by atoms with Gasteiger partial charge in [-0.1, -0.05) is 380 Å². The maximum Gasteiger partial charge on any atom is 0.306 e. The molecule has 1 atom stereocenters. The zero-order valence-corrected chi connectivity index (χ0v) is 52.8. The highest BCUT2D eigenvalue weighted by Crippen LogP contribution is 2.19. The SMILES string of the molecule is CCCCCCCCCCCCCCCCCCCCCCCCCCCCCCCCCCC(=O)OCC(COC(=O)CCCCCCCCCCCCCC)OC(=O)CCCCCCCCCCCCCCCCC. The van der Waals surface area contributed by atoms with Crippen LogP contribution in [-0.4, -0.2) is 37.2 Å². The summed E-state index contributed by atoms with van der Waals surface area (Å²) in [6.07, 6.45) is 78.7. The van der Waals surface area contributed by atoms with Gasteiger partial charge in [0.25, 0.3) is 0 Å². The molecule has 1 unspecified atom stereocenters. The van der Waals surface area contributed by atoms with Gasteiger partial charge >= 0.3 is 17.9 Å². The van der Waals surface area contributed by atoms with E-state index in [1.54, 1.807) is 0 Å². The van der Waals surface area contributed by atoms with Crippen LogP contribution in [0.25, 0.3) is 0 Å². The summed E-state index contributed by atoms with van der Waals surface area (Å²) >= 11 is 0. The lowest BCUT2D eigenvalue weighted by Gasteiger charge is -2.18. The van der Waals surface area contributed by atoms with E-state index in [4.69, 9.17) is 14.2 Å². The summed E-state index contributed by atoms with van der Waals surface area (Å²) in [5.41, 5.74) is 0. The van der Waals surface area contributed by atoms with Crippen LogP contribution in [0.1, 0.15) is 419 Å². The van der Waals surface area contributed by atoms with Crippen molar-refractivity contribution < 1.29 is 28.6 Å². The molecular weight excluding hydrogens is 949 g/mol. The van der Waals surface area contributed by atoms with Crippen LogP contribution in [0, 0.1) is 0 Å². The standard InChI is InChI=1S/C71H138O6/c1-4-7-10-13-16-19-22-25-27-28-29-30-31-32-33-34-35-36-37-38-39-40-41-42-43-45-46-49-52-55-58-61-64-70(73)76-67-68(66-75-69(72)63-60-57-54-51-48-24-21-18-15-12-9-6-3)77-71(74)65-62-59-56-53-50-47-44-26-23-20-17-14-11-8-5-2/h68H,4-67H2,1-3H3. The Kier molecular flexibility index (Phi) is 65.5. The zero-order chi connectivity index (χ0) is 55.7. The molecule has 0 aliphatic rings. The van der Waals surface area contributed by atoms with Crippen molar-refractivity contribution in [3.63, 3.8) is 0 Å². The van der Waals surface area contributed by atoms with Crippen molar-refractivity contribution in [1.82, 2.24) is 0 Å². The number of hydrogen-bond donors (Lipinski definition) is 0. The fourth-order valence-electron chi connectivity index (χ4n) is 11.3. The van der Waals surface area contributed by atoms with Gasteiger partial charge in [-0.3, -0.25) is 14.4 Å². The van der Waals surface area contributed by atoms with Crippen LogP contribution in [0.15, 0.2) is 0 Å². The number of rotatable bonds is 67. The Morgan fingerprint density at radius 1 is 0.208 bits per heavy atom. The number of carbonyl (C=O) groups is 3. The van der Waals surface area contributed by atoms with E-state index in [9.17, 15) is 14.4 Å². The van der Waals surface area contributed by atoms with Gasteiger partial charge in [-0.05, 0) is 19.3 Å². The Hall–Kier alpha value is -1.59. The lowest BCUT2D eigenvalue weighted by atomic mass is 10.0. The van der Waals surface area contributed by atoms with Crippen LogP contribution in [-0.2, 0) is 28.6 Å². The minimum Gasteiger partial charge on any atom is -0.462 e. The van der Waals surface area contributed by atoms with E-state index in [0.29, 0.717) is 19.3 Å². The van der Waals surface area contributed by atoms with Crippen molar-refractivity contribution in [2.45, 2.75) is 425 Å². The van der Waals surface area contributed by atoms with Crippen molar-refractivity contribution >= 4 is 17.9 Å². The molecule has 0 saturated carbocycles. The Balaban J connectivity index is 4.03. The summed E-state index contributed by atoms with van der Waals surface area (Å²) in [4.78, 5) is 38.3. The summed E-state index contributed by atoms with van der Waals surface area (Å²) in [5, 5.41) is 0. The molecule has 0 aromatic heterocycles. The van der Waals surface area contributed by atoms with E-state index in [1.807, 2.05) is 0 Å². The monoisotopic (exact) mass is 1090 g/mol. The van der Waals surface area contributed by atoms with Gasteiger partial charge in [0.15, 0.2) is 6.10 Å². The molecule has 0 radical (unpaired) electrons. The largest absolute Gasteiger partial charge is 0.462 e. The highest BCUT2D eigenvalue weighted by molar-refractivity contribution is 5.71. The van der Waals surface area contributed by atoms with Crippen LogP contribution in [0.3, 0.4) is 0 Å². The fourth-order valence-corrected chi connectivity index (χ4v) is 11.3. The normalized spacial score (nSPS) is 11.9. The van der Waals surface area contributed by atoms with Crippen molar-refractivity contribution in [2.24, 2.45) is 0 Å². The average molecular weight is 1090 g/mol. The zero-order valence-electron chi connectivity index (χ0n) is 52.8. The molecule has 458 valence electrons. The molecule has 0 N–H and O–H groups in total. The number of esters is 3. The number of hydrogen-bond acceptors (Lipinski definition) is 6. The van der Waals surface area contributed by atoms with E-state index in [1.165, 1.54) is 321 Å². The third-order valence-electron chi connectivity index (χ3n) is 16.6. The van der Waals surface area contributed by atoms with Gasteiger partial charge in [0.2, 0.25) is 0 Å². The Morgan fingerprint density at radius 3 is 0.519 bits per heavy atom. The summed E-state index contributed by atoms with van der Waals surface area (Å²) in [6, 6.07) is 0. The van der Waals surface area contributed by atoms with Crippen LogP contribution in [0.5, 0.6) is 0 Å². The first-order valence-corrected chi connectivity index (χ1v) is 35.5. The summed E-state index contributed by atoms with van der Waals surface area (Å²) < 4.78 is 17.0. The van der Waals surface area contributed by atoms with Crippen LogP contribution in [0.4, 0.5) is 0 Å². The molecule has 0 aliphatic carbocycles. The Morgan fingerprint density at radius 2 is 0.351 bits per heavy atom. The topological polar surface area (TPSA) is 78.9 Å². The predicted octanol–water partition coefficient (Wildman–Crippen LogP) is 24.2. The van der Waals surface area contributed by atoms with E-state index < -0.39 is 6.10 Å². The molecule has 6 heteroatoms. The molecule has 77 heavy (non-hydrogen) atoms. The molecule has 0 spiro atoms. The minimum absolute atomic E-state index is 0.0606. The highest BCUT2D eigenvalue weighted by Gasteiger charge is 2.19. The second-order valence-electron chi connectivity index (χ2n) is 24.5. The summed E-state index contributed by atoms with van der Waals surface area (Å²) in [6.45, 7) is 6.73. The Bertz CT molecular complexity index is 1160. The maximum absolute atomic E-state index is 12.9. The van der Waals surface area contributed by atoms with Gasteiger partial charge in [0.1, 0.15) is 13.2 Å². The van der Waals surface area contributed by atoms with E-state index in [0.717, 1.165) is 57.8 Å². The second kappa shape index (κ2) is 66.9. The molecule has 0 heterocycles. The number of carbonyl (C=O) groups excluding carboxylic acids is 3. The molecule has 0 bridgehead atoms. The van der Waals surface area contributed by atoms with Crippen LogP contribution in [0.2, 0.25) is 0 Å². The van der Waals surface area contributed by atoms with Gasteiger partial charge in [-0.15, -0.1) is 0 Å². The van der Waals surface area contributed by atoms with Crippen molar-refractivity contribution in [3.8, 4) is 0 Å². The van der Waals surface area contributed by atoms with Crippen molar-refractivity contribution in [1.29, 1.82) is 0 Å². The first kappa shape index (κ1) is 75.4. The van der Waals surface area contributed by atoms with Crippen LogP contribution < -0.4 is 0 Å². The number of unbranched alkanes of at least 4 members (excludes halogenated alkanes) is 56. The third-order valence-corrected chi connectivity index (χ3v) is 16.6.